The molecule has 1 aromatic carbocycles. The van der Waals surface area contributed by atoms with Crippen LogP contribution in [0.5, 0.6) is 0 Å². The lowest BCUT2D eigenvalue weighted by Crippen LogP contribution is -2.41. The van der Waals surface area contributed by atoms with E-state index in [1.165, 1.54) is 6.07 Å². The van der Waals surface area contributed by atoms with E-state index in [0.29, 0.717) is 37.0 Å². The van der Waals surface area contributed by atoms with Gasteiger partial charge in [0.05, 0.1) is 11.2 Å². The van der Waals surface area contributed by atoms with Gasteiger partial charge in [-0.1, -0.05) is 12.1 Å². The Morgan fingerprint density at radius 2 is 1.69 bits per heavy atom. The van der Waals surface area contributed by atoms with Gasteiger partial charge in [0.1, 0.15) is 11.4 Å². The van der Waals surface area contributed by atoms with Crippen molar-refractivity contribution in [3.8, 4) is 0 Å². The molecule has 0 aliphatic carbocycles. The van der Waals surface area contributed by atoms with E-state index >= 15 is 0 Å². The standard InChI is InChI=1S/C22H33BFNO4/c1-20(2,3)27-19(26)25-12-10-15(11-13-25)17-9-8-16(14-18(17)24)23-28-21(4,5)22(6,7)29-23/h8-9,14-15H,10-13H2,1-7H3. The molecule has 0 saturated carbocycles. The number of nitrogens with zero attached hydrogens (tertiary/aromatic N) is 1. The zero-order valence-corrected chi connectivity index (χ0v) is 18.7. The predicted molar refractivity (Wildman–Crippen MR) is 112 cm³/mol. The van der Waals surface area contributed by atoms with Gasteiger partial charge < -0.3 is 18.9 Å². The quantitative estimate of drug-likeness (QED) is 0.691. The maximum absolute atomic E-state index is 14.9. The fourth-order valence-electron chi connectivity index (χ4n) is 3.70. The van der Waals surface area contributed by atoms with Crippen molar-refractivity contribution >= 4 is 18.7 Å². The highest BCUT2D eigenvalue weighted by Gasteiger charge is 2.51. The van der Waals surface area contributed by atoms with Crippen LogP contribution < -0.4 is 5.46 Å². The lowest BCUT2D eigenvalue weighted by atomic mass is 9.77. The Labute approximate surface area is 174 Å². The van der Waals surface area contributed by atoms with E-state index in [1.807, 2.05) is 60.6 Å². The summed E-state index contributed by atoms with van der Waals surface area (Å²) in [5.74, 6) is -0.158. The van der Waals surface area contributed by atoms with Gasteiger partial charge in [0.25, 0.3) is 0 Å². The largest absolute Gasteiger partial charge is 0.494 e. The van der Waals surface area contributed by atoms with Gasteiger partial charge in [-0.3, -0.25) is 0 Å². The second-order valence-corrected chi connectivity index (χ2v) is 10.1. The molecule has 0 spiro atoms. The second kappa shape index (κ2) is 7.58. The minimum Gasteiger partial charge on any atom is -0.444 e. The number of ether oxygens (including phenoxy) is 1. The lowest BCUT2D eigenvalue weighted by molar-refractivity contribution is 0.00578. The minimum atomic E-state index is -0.572. The average molecular weight is 405 g/mol. The van der Waals surface area contributed by atoms with Crippen LogP contribution in [0, 0.1) is 5.82 Å². The van der Waals surface area contributed by atoms with Crippen LogP contribution in [-0.4, -0.2) is 48.0 Å². The van der Waals surface area contributed by atoms with Gasteiger partial charge in [-0.25, -0.2) is 9.18 Å². The monoisotopic (exact) mass is 405 g/mol. The molecule has 0 bridgehead atoms. The summed E-state index contributed by atoms with van der Waals surface area (Å²) >= 11 is 0. The first-order valence-electron chi connectivity index (χ1n) is 10.4. The number of hydrogen-bond donors (Lipinski definition) is 0. The van der Waals surface area contributed by atoms with E-state index in [9.17, 15) is 9.18 Å². The lowest BCUT2D eigenvalue weighted by Gasteiger charge is -2.33. The minimum absolute atomic E-state index is 0.0843. The molecule has 1 amide bonds. The van der Waals surface area contributed by atoms with Gasteiger partial charge in [-0.05, 0) is 84.3 Å². The Morgan fingerprint density at radius 3 is 2.17 bits per heavy atom. The first kappa shape index (κ1) is 22.1. The third kappa shape index (κ3) is 4.77. The van der Waals surface area contributed by atoms with Crippen LogP contribution in [-0.2, 0) is 14.0 Å². The van der Waals surface area contributed by atoms with Gasteiger partial charge in [0.15, 0.2) is 0 Å². The fraction of sp³-hybridized carbons (Fsp3) is 0.682. The highest BCUT2D eigenvalue weighted by molar-refractivity contribution is 6.62. The van der Waals surface area contributed by atoms with Crippen molar-refractivity contribution in [1.29, 1.82) is 0 Å². The van der Waals surface area contributed by atoms with Crippen LogP contribution in [0.15, 0.2) is 18.2 Å². The fourth-order valence-corrected chi connectivity index (χ4v) is 3.70. The van der Waals surface area contributed by atoms with Gasteiger partial charge in [0.2, 0.25) is 0 Å². The average Bonchev–Trinajstić information content (AvgIpc) is 2.81. The van der Waals surface area contributed by atoms with Crippen molar-refractivity contribution in [2.24, 2.45) is 0 Å². The number of amides is 1. The molecule has 1 aromatic rings. The van der Waals surface area contributed by atoms with Gasteiger partial charge in [-0.2, -0.15) is 0 Å². The molecule has 2 fully saturated rings. The number of likely N-dealkylation sites (tertiary alicyclic amines) is 1. The Balaban J connectivity index is 1.64. The van der Waals surface area contributed by atoms with Crippen molar-refractivity contribution in [3.63, 3.8) is 0 Å². The van der Waals surface area contributed by atoms with Crippen molar-refractivity contribution in [2.75, 3.05) is 13.1 Å². The molecule has 5 nitrogen and oxygen atoms in total. The van der Waals surface area contributed by atoms with Crippen LogP contribution in [0.1, 0.15) is 72.8 Å². The van der Waals surface area contributed by atoms with E-state index in [0.717, 1.165) is 0 Å². The van der Waals surface area contributed by atoms with E-state index in [4.69, 9.17) is 14.0 Å². The molecule has 160 valence electrons. The highest BCUT2D eigenvalue weighted by Crippen LogP contribution is 2.37. The molecule has 3 rings (SSSR count). The van der Waals surface area contributed by atoms with Crippen LogP contribution >= 0.6 is 0 Å². The molecule has 0 radical (unpaired) electrons. The number of benzene rings is 1. The molecular weight excluding hydrogens is 372 g/mol. The first-order chi connectivity index (χ1) is 13.3. The maximum Gasteiger partial charge on any atom is 0.494 e. The number of rotatable bonds is 2. The first-order valence-corrected chi connectivity index (χ1v) is 10.4. The van der Waals surface area contributed by atoms with Crippen molar-refractivity contribution in [2.45, 2.75) is 84.0 Å². The molecule has 2 heterocycles. The predicted octanol–water partition coefficient (Wildman–Crippen LogP) is 4.24. The van der Waals surface area contributed by atoms with Crippen LogP contribution in [0.3, 0.4) is 0 Å². The zero-order valence-electron chi connectivity index (χ0n) is 18.7. The summed E-state index contributed by atoms with van der Waals surface area (Å²) < 4.78 is 32.4. The molecule has 2 aliphatic heterocycles. The smallest absolute Gasteiger partial charge is 0.444 e. The number of piperidine rings is 1. The van der Waals surface area contributed by atoms with Crippen molar-refractivity contribution in [3.05, 3.63) is 29.6 Å². The van der Waals surface area contributed by atoms with E-state index in [1.54, 1.807) is 4.90 Å². The maximum atomic E-state index is 14.9. The number of halogens is 1. The summed E-state index contributed by atoms with van der Waals surface area (Å²) in [7, 11) is -0.572. The van der Waals surface area contributed by atoms with Gasteiger partial charge in [0, 0.05) is 13.1 Å². The van der Waals surface area contributed by atoms with Crippen molar-refractivity contribution < 1.29 is 23.2 Å². The summed E-state index contributed by atoms with van der Waals surface area (Å²) in [5.41, 5.74) is -0.0448. The molecule has 0 atom stereocenters. The summed E-state index contributed by atoms with van der Waals surface area (Å²) in [4.78, 5) is 13.9. The number of hydrogen-bond acceptors (Lipinski definition) is 4. The molecular formula is C22H33BFNO4. The second-order valence-electron chi connectivity index (χ2n) is 10.1. The molecule has 0 N–H and O–H groups in total. The molecule has 2 aliphatic rings. The summed E-state index contributed by atoms with van der Waals surface area (Å²) in [6.07, 6.45) is 1.13. The highest BCUT2D eigenvalue weighted by atomic mass is 19.1. The Morgan fingerprint density at radius 1 is 1.14 bits per heavy atom. The van der Waals surface area contributed by atoms with E-state index in [-0.39, 0.29) is 17.8 Å². The number of carbonyl (C=O) groups excluding carboxylic acids is 1. The molecule has 29 heavy (non-hydrogen) atoms. The van der Waals surface area contributed by atoms with Gasteiger partial charge in [-0.15, -0.1) is 0 Å². The van der Waals surface area contributed by atoms with Crippen LogP contribution in [0.4, 0.5) is 9.18 Å². The molecule has 2 saturated heterocycles. The number of carbonyl (C=O) groups is 1. The third-order valence-electron chi connectivity index (χ3n) is 6.14. The van der Waals surface area contributed by atoms with Gasteiger partial charge >= 0.3 is 13.2 Å². The van der Waals surface area contributed by atoms with E-state index in [2.05, 4.69) is 0 Å². The topological polar surface area (TPSA) is 48.0 Å². The third-order valence-corrected chi connectivity index (χ3v) is 6.14. The van der Waals surface area contributed by atoms with Crippen LogP contribution in [0.2, 0.25) is 0 Å². The molecule has 0 aromatic heterocycles. The Kier molecular flexibility index (Phi) is 5.78. The summed E-state index contributed by atoms with van der Waals surface area (Å²) in [5, 5.41) is 0. The summed E-state index contributed by atoms with van der Waals surface area (Å²) in [6.45, 7) is 14.6. The Hall–Kier alpha value is -1.60. The summed E-state index contributed by atoms with van der Waals surface area (Å²) in [6, 6.07) is 5.25. The SMILES string of the molecule is CC(C)(C)OC(=O)N1CCC(c2ccc(B3OC(C)(C)C(C)(C)O3)cc2F)CC1. The normalized spacial score (nSPS) is 22.1. The van der Waals surface area contributed by atoms with Crippen molar-refractivity contribution in [1.82, 2.24) is 4.90 Å². The Bertz CT molecular complexity index is 751. The molecule has 0 unspecified atom stereocenters. The molecule has 7 heteroatoms. The zero-order chi connectivity index (χ0) is 21.6. The van der Waals surface area contributed by atoms with E-state index < -0.39 is 23.9 Å². The van der Waals surface area contributed by atoms with Crippen LogP contribution in [0.25, 0.3) is 0 Å².